The Labute approximate surface area is 235 Å². The Balaban J connectivity index is 1.48. The lowest BCUT2D eigenvalue weighted by Gasteiger charge is -2.33. The molecular weight excluding hydrogens is 510 g/mol. The number of methoxy groups -OCH3 is 1. The highest BCUT2D eigenvalue weighted by molar-refractivity contribution is 7.17. The first kappa shape index (κ1) is 28.4. The van der Waals surface area contributed by atoms with Gasteiger partial charge in [-0.05, 0) is 72.4 Å². The van der Waals surface area contributed by atoms with Gasteiger partial charge in [0.05, 0.1) is 19.3 Å². The van der Waals surface area contributed by atoms with Gasteiger partial charge in [0.15, 0.2) is 11.5 Å². The summed E-state index contributed by atoms with van der Waals surface area (Å²) in [5, 5.41) is 3.51. The maximum atomic E-state index is 12.9. The van der Waals surface area contributed by atoms with E-state index in [-0.39, 0.29) is 23.9 Å². The van der Waals surface area contributed by atoms with Crippen molar-refractivity contribution in [3.63, 3.8) is 0 Å². The molecule has 1 atom stereocenters. The fourth-order valence-corrected chi connectivity index (χ4v) is 6.12. The smallest absolute Gasteiger partial charge is 0.341 e. The summed E-state index contributed by atoms with van der Waals surface area (Å²) in [6.07, 6.45) is 5.91. The predicted molar refractivity (Wildman–Crippen MR) is 157 cm³/mol. The van der Waals surface area contributed by atoms with E-state index in [1.165, 1.54) is 22.3 Å². The molecule has 1 aromatic heterocycles. The first-order chi connectivity index (χ1) is 18.7. The molecule has 3 aromatic rings. The zero-order valence-electron chi connectivity index (χ0n) is 23.3. The van der Waals surface area contributed by atoms with Crippen molar-refractivity contribution in [1.29, 1.82) is 0 Å². The van der Waals surface area contributed by atoms with Gasteiger partial charge in [0.25, 0.3) is 0 Å². The average Bonchev–Trinajstić information content (AvgIpc) is 3.28. The molecular formula is C32H37NO5S. The monoisotopic (exact) mass is 547 g/mol. The van der Waals surface area contributed by atoms with Crippen molar-refractivity contribution in [3.8, 4) is 11.5 Å². The van der Waals surface area contributed by atoms with E-state index in [2.05, 4.69) is 26.1 Å². The van der Waals surface area contributed by atoms with E-state index < -0.39 is 0 Å². The third kappa shape index (κ3) is 7.09. The van der Waals surface area contributed by atoms with Gasteiger partial charge in [-0.2, -0.15) is 0 Å². The van der Waals surface area contributed by atoms with Crippen molar-refractivity contribution in [2.75, 3.05) is 19.0 Å². The van der Waals surface area contributed by atoms with E-state index in [9.17, 15) is 9.59 Å². The average molecular weight is 548 g/mol. The lowest BCUT2D eigenvalue weighted by Crippen LogP contribution is -2.26. The molecule has 1 amide bonds. The van der Waals surface area contributed by atoms with Crippen LogP contribution < -0.4 is 14.8 Å². The number of rotatable bonds is 9. The number of hydrogen-bond donors (Lipinski definition) is 1. The van der Waals surface area contributed by atoms with E-state index in [4.69, 9.17) is 14.2 Å². The van der Waals surface area contributed by atoms with E-state index in [0.717, 1.165) is 36.0 Å². The standard InChI is InChI=1S/C32H37NO5S/c1-6-37-31(35)29-24-15-14-23(32(2,3)4)19-27(24)39-30(29)33-28(34)17-13-21-12-16-25(26(18-21)36-5)38-20-22-10-8-7-9-11-22/h7-13,16-18,23H,6,14-15,19-20H2,1-5H3,(H,33,34). The van der Waals surface area contributed by atoms with Crippen molar-refractivity contribution in [3.05, 3.63) is 81.7 Å². The normalized spacial score (nSPS) is 15.1. The summed E-state index contributed by atoms with van der Waals surface area (Å²) in [4.78, 5) is 27.0. The molecule has 1 N–H and O–H groups in total. The minimum atomic E-state index is -0.376. The summed E-state index contributed by atoms with van der Waals surface area (Å²) in [5.74, 6) is 1.04. The fraction of sp³-hybridized carbons (Fsp3) is 0.375. The quantitative estimate of drug-likeness (QED) is 0.225. The molecule has 7 heteroatoms. The van der Waals surface area contributed by atoms with Crippen LogP contribution in [0.15, 0.2) is 54.6 Å². The second-order valence-corrected chi connectivity index (χ2v) is 11.8. The van der Waals surface area contributed by atoms with Crippen molar-refractivity contribution in [2.45, 2.75) is 53.6 Å². The van der Waals surface area contributed by atoms with E-state index >= 15 is 0 Å². The molecule has 6 nitrogen and oxygen atoms in total. The van der Waals surface area contributed by atoms with Crippen molar-refractivity contribution >= 4 is 34.3 Å². The SMILES string of the molecule is CCOC(=O)c1c(NC(=O)C=Cc2ccc(OCc3ccccc3)c(OC)c2)sc2c1CCC(C(C)(C)C)C2. The third-order valence-corrected chi connectivity index (χ3v) is 8.23. The molecule has 2 aromatic carbocycles. The number of nitrogens with one attached hydrogen (secondary N) is 1. The van der Waals surface area contributed by atoms with Gasteiger partial charge in [-0.3, -0.25) is 4.79 Å². The minimum Gasteiger partial charge on any atom is -0.493 e. The minimum absolute atomic E-state index is 0.182. The largest absolute Gasteiger partial charge is 0.493 e. The highest BCUT2D eigenvalue weighted by Gasteiger charge is 2.34. The molecule has 0 saturated heterocycles. The summed E-state index contributed by atoms with van der Waals surface area (Å²) in [5.41, 5.74) is 3.56. The van der Waals surface area contributed by atoms with Gasteiger partial charge in [-0.1, -0.05) is 57.2 Å². The number of amides is 1. The number of thiophene rings is 1. The van der Waals surface area contributed by atoms with Crippen LogP contribution in [0.25, 0.3) is 6.08 Å². The summed E-state index contributed by atoms with van der Waals surface area (Å²) in [6.45, 7) is 9.28. The van der Waals surface area contributed by atoms with Crippen LogP contribution in [-0.4, -0.2) is 25.6 Å². The Bertz CT molecular complexity index is 1340. The Morgan fingerprint density at radius 3 is 2.56 bits per heavy atom. The molecule has 206 valence electrons. The number of carbonyl (C=O) groups is 2. The van der Waals surface area contributed by atoms with Gasteiger partial charge in [0, 0.05) is 11.0 Å². The molecule has 1 heterocycles. The second-order valence-electron chi connectivity index (χ2n) is 10.7. The maximum Gasteiger partial charge on any atom is 0.341 e. The first-order valence-electron chi connectivity index (χ1n) is 13.3. The predicted octanol–water partition coefficient (Wildman–Crippen LogP) is 7.32. The molecule has 1 aliphatic carbocycles. The zero-order valence-corrected chi connectivity index (χ0v) is 24.2. The van der Waals surface area contributed by atoms with Gasteiger partial charge < -0.3 is 19.5 Å². The van der Waals surface area contributed by atoms with E-state index in [1.54, 1.807) is 20.1 Å². The molecule has 39 heavy (non-hydrogen) atoms. The van der Waals surface area contributed by atoms with Gasteiger partial charge in [0.2, 0.25) is 5.91 Å². The molecule has 0 bridgehead atoms. The molecule has 0 saturated carbocycles. The maximum absolute atomic E-state index is 12.9. The number of ether oxygens (including phenoxy) is 3. The third-order valence-electron chi connectivity index (χ3n) is 7.06. The van der Waals surface area contributed by atoms with Gasteiger partial charge >= 0.3 is 5.97 Å². The Hall–Kier alpha value is -3.58. The number of fused-ring (bicyclic) bond motifs is 1. The zero-order chi connectivity index (χ0) is 28.0. The van der Waals surface area contributed by atoms with Crippen LogP contribution in [0.2, 0.25) is 0 Å². The molecule has 0 fully saturated rings. The molecule has 1 unspecified atom stereocenters. The summed E-state index contributed by atoms with van der Waals surface area (Å²) in [7, 11) is 1.59. The van der Waals surface area contributed by atoms with Gasteiger partial charge in [-0.25, -0.2) is 4.79 Å². The summed E-state index contributed by atoms with van der Waals surface area (Å²) < 4.78 is 16.8. The molecule has 1 aliphatic rings. The molecule has 4 rings (SSSR count). The Kier molecular flexibility index (Phi) is 9.12. The van der Waals surface area contributed by atoms with Gasteiger partial charge in [0.1, 0.15) is 11.6 Å². The van der Waals surface area contributed by atoms with Crippen LogP contribution in [0.1, 0.15) is 66.0 Å². The summed E-state index contributed by atoms with van der Waals surface area (Å²) in [6, 6.07) is 15.4. The van der Waals surface area contributed by atoms with Crippen LogP contribution in [-0.2, 0) is 29.0 Å². The number of anilines is 1. The number of esters is 1. The lowest BCUT2D eigenvalue weighted by atomic mass is 9.72. The van der Waals surface area contributed by atoms with Crippen molar-refractivity contribution < 1.29 is 23.8 Å². The highest BCUT2D eigenvalue weighted by Crippen LogP contribution is 2.44. The topological polar surface area (TPSA) is 73.9 Å². The van der Waals surface area contributed by atoms with Crippen LogP contribution in [0.3, 0.4) is 0 Å². The molecule has 0 aliphatic heterocycles. The first-order valence-corrected chi connectivity index (χ1v) is 14.2. The lowest BCUT2D eigenvalue weighted by molar-refractivity contribution is -0.111. The van der Waals surface area contributed by atoms with Crippen LogP contribution in [0.4, 0.5) is 5.00 Å². The van der Waals surface area contributed by atoms with Crippen LogP contribution in [0, 0.1) is 11.3 Å². The van der Waals surface area contributed by atoms with Gasteiger partial charge in [-0.15, -0.1) is 11.3 Å². The Morgan fingerprint density at radius 2 is 1.87 bits per heavy atom. The van der Waals surface area contributed by atoms with Crippen molar-refractivity contribution in [2.24, 2.45) is 11.3 Å². The highest BCUT2D eigenvalue weighted by atomic mass is 32.1. The van der Waals surface area contributed by atoms with E-state index in [0.29, 0.717) is 34.6 Å². The van der Waals surface area contributed by atoms with Crippen molar-refractivity contribution in [1.82, 2.24) is 0 Å². The molecule has 0 radical (unpaired) electrons. The number of hydrogen-bond acceptors (Lipinski definition) is 6. The number of benzene rings is 2. The summed E-state index contributed by atoms with van der Waals surface area (Å²) >= 11 is 1.49. The van der Waals surface area contributed by atoms with E-state index in [1.807, 2.05) is 48.5 Å². The number of carbonyl (C=O) groups excluding carboxylic acids is 2. The van der Waals surface area contributed by atoms with Crippen LogP contribution >= 0.6 is 11.3 Å². The second kappa shape index (κ2) is 12.5. The fourth-order valence-electron chi connectivity index (χ4n) is 4.80. The Morgan fingerprint density at radius 1 is 1.10 bits per heavy atom. The van der Waals surface area contributed by atoms with Crippen LogP contribution in [0.5, 0.6) is 11.5 Å². The molecule has 0 spiro atoms.